The summed E-state index contributed by atoms with van der Waals surface area (Å²) in [6.45, 7) is 3.94. The number of hydrogen-bond donors (Lipinski definition) is 1. The average molecular weight is 506 g/mol. The molecule has 2 atom stereocenters. The van der Waals surface area contributed by atoms with Crippen molar-refractivity contribution in [1.29, 1.82) is 0 Å². The standard InChI is InChI=1S/C27H33Cl2NO4/c1-27(2,19-12-9-13-20(28)17-19)24(21-14-7-8-15-22(21)29)34-26(32)30-23(25(31)33-3)16-18-10-5-4-6-11-18/h7-9,12-15,17-18,23-24H,4-6,10-11,16H2,1-3H3,(H,30,32). The summed E-state index contributed by atoms with van der Waals surface area (Å²) >= 11 is 12.8. The van der Waals surface area contributed by atoms with Crippen LogP contribution in [0.25, 0.3) is 0 Å². The summed E-state index contributed by atoms with van der Waals surface area (Å²) in [6.07, 6.45) is 4.72. The van der Waals surface area contributed by atoms with E-state index in [0.29, 0.717) is 27.9 Å². The molecule has 0 saturated heterocycles. The predicted molar refractivity (Wildman–Crippen MR) is 135 cm³/mol. The third kappa shape index (κ3) is 6.67. The second-order valence-electron chi connectivity index (χ2n) is 9.50. The van der Waals surface area contributed by atoms with Crippen LogP contribution >= 0.6 is 23.2 Å². The van der Waals surface area contributed by atoms with Gasteiger partial charge in [-0.2, -0.15) is 0 Å². The molecular weight excluding hydrogens is 473 g/mol. The van der Waals surface area contributed by atoms with Crippen LogP contribution in [0.15, 0.2) is 48.5 Å². The van der Waals surface area contributed by atoms with Gasteiger partial charge in [0, 0.05) is 21.0 Å². The molecule has 1 aliphatic carbocycles. The number of methoxy groups -OCH3 is 1. The summed E-state index contributed by atoms with van der Waals surface area (Å²) in [7, 11) is 1.33. The summed E-state index contributed by atoms with van der Waals surface area (Å²) < 4.78 is 11.0. The van der Waals surface area contributed by atoms with Crippen LogP contribution in [0, 0.1) is 5.92 Å². The van der Waals surface area contributed by atoms with Gasteiger partial charge in [-0.25, -0.2) is 9.59 Å². The van der Waals surface area contributed by atoms with Gasteiger partial charge in [0.2, 0.25) is 0 Å². The Morgan fingerprint density at radius 2 is 1.76 bits per heavy atom. The number of hydrogen-bond acceptors (Lipinski definition) is 4. The average Bonchev–Trinajstić information content (AvgIpc) is 2.83. The first-order chi connectivity index (χ1) is 16.2. The number of ether oxygens (including phenoxy) is 2. The number of halogens is 2. The zero-order valence-electron chi connectivity index (χ0n) is 20.0. The molecule has 2 unspecified atom stereocenters. The zero-order valence-corrected chi connectivity index (χ0v) is 21.5. The summed E-state index contributed by atoms with van der Waals surface area (Å²) in [5.41, 5.74) is 0.896. The Morgan fingerprint density at radius 1 is 1.06 bits per heavy atom. The van der Waals surface area contributed by atoms with Crippen LogP contribution in [0.3, 0.4) is 0 Å². The Labute approximate surface area is 212 Å². The highest BCUT2D eigenvalue weighted by Gasteiger charge is 2.38. The van der Waals surface area contributed by atoms with Crippen LogP contribution in [0.1, 0.15) is 69.6 Å². The van der Waals surface area contributed by atoms with Gasteiger partial charge < -0.3 is 14.8 Å². The third-order valence-electron chi connectivity index (χ3n) is 6.71. The van der Waals surface area contributed by atoms with E-state index in [2.05, 4.69) is 5.32 Å². The van der Waals surface area contributed by atoms with Crippen molar-refractivity contribution < 1.29 is 19.1 Å². The maximum atomic E-state index is 13.1. The van der Waals surface area contributed by atoms with E-state index >= 15 is 0 Å². The number of carbonyl (C=O) groups excluding carboxylic acids is 2. The quantitative estimate of drug-likeness (QED) is 0.383. The highest BCUT2D eigenvalue weighted by atomic mass is 35.5. The van der Waals surface area contributed by atoms with E-state index in [1.165, 1.54) is 13.5 Å². The molecule has 0 aromatic heterocycles. The van der Waals surface area contributed by atoms with Crippen molar-refractivity contribution in [2.75, 3.05) is 7.11 Å². The van der Waals surface area contributed by atoms with Crippen molar-refractivity contribution >= 4 is 35.3 Å². The van der Waals surface area contributed by atoms with Gasteiger partial charge in [-0.15, -0.1) is 0 Å². The van der Waals surface area contributed by atoms with E-state index < -0.39 is 29.6 Å². The van der Waals surface area contributed by atoms with Gasteiger partial charge in [0.25, 0.3) is 0 Å². The number of alkyl carbamates (subject to hydrolysis) is 1. The molecule has 0 spiro atoms. The Kier molecular flexibility index (Phi) is 9.26. The fourth-order valence-corrected chi connectivity index (χ4v) is 5.15. The Bertz CT molecular complexity index is 988. The molecule has 3 rings (SSSR count). The lowest BCUT2D eigenvalue weighted by Crippen LogP contribution is -2.44. The minimum absolute atomic E-state index is 0.375. The topological polar surface area (TPSA) is 64.6 Å². The van der Waals surface area contributed by atoms with Gasteiger partial charge in [-0.05, 0) is 36.1 Å². The first-order valence-corrected chi connectivity index (χ1v) is 12.5. The first-order valence-electron chi connectivity index (χ1n) is 11.8. The van der Waals surface area contributed by atoms with Gasteiger partial charge in [-0.3, -0.25) is 0 Å². The van der Waals surface area contributed by atoms with E-state index in [0.717, 1.165) is 31.2 Å². The molecular formula is C27H33Cl2NO4. The molecule has 0 aliphatic heterocycles. The minimum Gasteiger partial charge on any atom is -0.467 e. The molecule has 1 aliphatic rings. The number of esters is 1. The van der Waals surface area contributed by atoms with E-state index in [9.17, 15) is 9.59 Å². The van der Waals surface area contributed by atoms with Gasteiger partial charge >= 0.3 is 12.1 Å². The highest BCUT2D eigenvalue weighted by Crippen LogP contribution is 2.42. The molecule has 0 bridgehead atoms. The lowest BCUT2D eigenvalue weighted by Gasteiger charge is -2.35. The lowest BCUT2D eigenvalue weighted by atomic mass is 9.76. The highest BCUT2D eigenvalue weighted by molar-refractivity contribution is 6.31. The second-order valence-corrected chi connectivity index (χ2v) is 10.3. The van der Waals surface area contributed by atoms with Crippen LogP contribution in [0.5, 0.6) is 0 Å². The van der Waals surface area contributed by atoms with Crippen molar-refractivity contribution in [3.63, 3.8) is 0 Å². The SMILES string of the molecule is COC(=O)C(CC1CCCCC1)NC(=O)OC(c1ccccc1Cl)C(C)(C)c1cccc(Cl)c1. The number of amides is 1. The van der Waals surface area contributed by atoms with Crippen LogP contribution in [-0.4, -0.2) is 25.2 Å². The molecule has 34 heavy (non-hydrogen) atoms. The van der Waals surface area contributed by atoms with E-state index in [-0.39, 0.29) is 0 Å². The summed E-state index contributed by atoms with van der Waals surface area (Å²) in [4.78, 5) is 25.6. The molecule has 5 nitrogen and oxygen atoms in total. The van der Waals surface area contributed by atoms with Crippen LogP contribution < -0.4 is 5.32 Å². The first kappa shape index (κ1) is 26.4. The van der Waals surface area contributed by atoms with E-state index in [1.807, 2.05) is 50.2 Å². The fourth-order valence-electron chi connectivity index (χ4n) is 4.72. The monoisotopic (exact) mass is 505 g/mol. The maximum Gasteiger partial charge on any atom is 0.408 e. The molecule has 7 heteroatoms. The summed E-state index contributed by atoms with van der Waals surface area (Å²) in [5, 5.41) is 3.84. The maximum absolute atomic E-state index is 13.1. The largest absolute Gasteiger partial charge is 0.467 e. The molecule has 184 valence electrons. The molecule has 2 aromatic carbocycles. The summed E-state index contributed by atoms with van der Waals surface area (Å²) in [5.74, 6) is -0.0914. The third-order valence-corrected chi connectivity index (χ3v) is 7.29. The predicted octanol–water partition coefficient (Wildman–Crippen LogP) is 7.25. The van der Waals surface area contributed by atoms with Crippen molar-refractivity contribution in [2.24, 2.45) is 5.92 Å². The molecule has 1 N–H and O–H groups in total. The molecule has 1 saturated carbocycles. The molecule has 1 fully saturated rings. The summed E-state index contributed by atoms with van der Waals surface area (Å²) in [6, 6.07) is 14.0. The minimum atomic E-state index is -0.762. The van der Waals surface area contributed by atoms with Crippen molar-refractivity contribution in [3.8, 4) is 0 Å². The van der Waals surface area contributed by atoms with E-state index in [4.69, 9.17) is 32.7 Å². The van der Waals surface area contributed by atoms with Gasteiger partial charge in [0.1, 0.15) is 12.1 Å². The van der Waals surface area contributed by atoms with Gasteiger partial charge in [-0.1, -0.05) is 99.5 Å². The molecule has 0 radical (unpaired) electrons. The number of carbonyl (C=O) groups is 2. The van der Waals surface area contributed by atoms with Crippen molar-refractivity contribution in [3.05, 3.63) is 69.7 Å². The van der Waals surface area contributed by atoms with Gasteiger partial charge in [0.05, 0.1) is 7.11 Å². The second kappa shape index (κ2) is 11.9. The Morgan fingerprint density at radius 3 is 2.41 bits per heavy atom. The smallest absolute Gasteiger partial charge is 0.408 e. The van der Waals surface area contributed by atoms with Crippen molar-refractivity contribution in [1.82, 2.24) is 5.32 Å². The zero-order chi connectivity index (χ0) is 24.7. The Hall–Kier alpha value is -2.24. The molecule has 2 aromatic rings. The van der Waals surface area contributed by atoms with Crippen LogP contribution in [-0.2, 0) is 19.7 Å². The number of benzene rings is 2. The number of rotatable bonds is 8. The van der Waals surface area contributed by atoms with E-state index in [1.54, 1.807) is 12.1 Å². The normalized spacial score (nSPS) is 16.4. The molecule has 1 amide bonds. The number of nitrogens with one attached hydrogen (secondary N) is 1. The van der Waals surface area contributed by atoms with Crippen LogP contribution in [0.4, 0.5) is 4.79 Å². The fraction of sp³-hybridized carbons (Fsp3) is 0.481. The van der Waals surface area contributed by atoms with Gasteiger partial charge in [0.15, 0.2) is 0 Å². The molecule has 0 heterocycles. The van der Waals surface area contributed by atoms with Crippen molar-refractivity contribution in [2.45, 2.75) is 69.9 Å². The van der Waals surface area contributed by atoms with Crippen LogP contribution in [0.2, 0.25) is 10.0 Å². The Balaban J connectivity index is 1.85. The lowest BCUT2D eigenvalue weighted by molar-refractivity contribution is -0.143.